The van der Waals surface area contributed by atoms with Gasteiger partial charge in [-0.25, -0.2) is 0 Å². The van der Waals surface area contributed by atoms with Crippen molar-refractivity contribution in [3.8, 4) is 0 Å². The molecule has 1 fully saturated rings. The van der Waals surface area contributed by atoms with Gasteiger partial charge in [0.25, 0.3) is 0 Å². The SMILES string of the molecule is COC1=C(Br)C2OC(=O)C[C@@]2(O)C=C1Br. The molecule has 4 nitrogen and oxygen atoms in total. The van der Waals surface area contributed by atoms with Gasteiger partial charge in [0.15, 0.2) is 6.10 Å². The van der Waals surface area contributed by atoms with E-state index in [1.165, 1.54) is 13.2 Å². The molecule has 0 amide bonds. The summed E-state index contributed by atoms with van der Waals surface area (Å²) in [6.45, 7) is 0. The lowest BCUT2D eigenvalue weighted by Crippen LogP contribution is -2.39. The minimum absolute atomic E-state index is 0.0428. The molecular weight excluding hydrogens is 332 g/mol. The molecule has 0 bridgehead atoms. The molecule has 1 heterocycles. The monoisotopic (exact) mass is 338 g/mol. The average molecular weight is 340 g/mol. The first-order valence-corrected chi connectivity index (χ1v) is 5.81. The number of esters is 1. The van der Waals surface area contributed by atoms with E-state index in [1.54, 1.807) is 0 Å². The highest BCUT2D eigenvalue weighted by atomic mass is 79.9. The quantitative estimate of drug-likeness (QED) is 0.737. The van der Waals surface area contributed by atoms with Crippen molar-refractivity contribution >= 4 is 37.8 Å². The van der Waals surface area contributed by atoms with Crippen LogP contribution in [0.5, 0.6) is 0 Å². The van der Waals surface area contributed by atoms with E-state index in [1.807, 2.05) is 0 Å². The number of methoxy groups -OCH3 is 1. The minimum Gasteiger partial charge on any atom is -0.495 e. The largest absolute Gasteiger partial charge is 0.495 e. The summed E-state index contributed by atoms with van der Waals surface area (Å²) in [4.78, 5) is 11.2. The molecule has 2 aliphatic rings. The molecule has 1 aliphatic heterocycles. The van der Waals surface area contributed by atoms with E-state index < -0.39 is 17.7 Å². The van der Waals surface area contributed by atoms with Crippen molar-refractivity contribution in [2.75, 3.05) is 7.11 Å². The highest BCUT2D eigenvalue weighted by Gasteiger charge is 2.51. The Morgan fingerprint density at radius 3 is 2.93 bits per heavy atom. The van der Waals surface area contributed by atoms with Crippen molar-refractivity contribution in [2.24, 2.45) is 0 Å². The van der Waals surface area contributed by atoms with Crippen LogP contribution in [0.2, 0.25) is 0 Å². The molecule has 2 rings (SSSR count). The van der Waals surface area contributed by atoms with Crippen LogP contribution in [-0.4, -0.2) is 29.9 Å². The van der Waals surface area contributed by atoms with Gasteiger partial charge in [-0.05, 0) is 37.9 Å². The van der Waals surface area contributed by atoms with Gasteiger partial charge in [0.2, 0.25) is 0 Å². The third kappa shape index (κ3) is 1.64. The summed E-state index contributed by atoms with van der Waals surface area (Å²) >= 11 is 6.54. The smallest absolute Gasteiger partial charge is 0.309 e. The van der Waals surface area contributed by atoms with Gasteiger partial charge in [-0.2, -0.15) is 0 Å². The van der Waals surface area contributed by atoms with Gasteiger partial charge in [-0.1, -0.05) is 0 Å². The summed E-state index contributed by atoms with van der Waals surface area (Å²) in [5.41, 5.74) is -1.28. The standard InChI is InChI=1S/C9H8Br2O4/c1-14-7-4(10)2-9(13)3-5(12)15-8(9)6(7)11/h2,8,13H,3H2,1H3/t8?,9-/m0/s1. The van der Waals surface area contributed by atoms with E-state index in [9.17, 15) is 9.90 Å². The molecule has 15 heavy (non-hydrogen) atoms. The molecule has 1 N–H and O–H groups in total. The highest BCUT2D eigenvalue weighted by molar-refractivity contribution is 9.12. The van der Waals surface area contributed by atoms with Crippen LogP contribution in [0, 0.1) is 0 Å². The van der Waals surface area contributed by atoms with Crippen molar-refractivity contribution in [3.05, 3.63) is 20.8 Å². The van der Waals surface area contributed by atoms with Crippen LogP contribution >= 0.6 is 31.9 Å². The predicted octanol–water partition coefficient (Wildman–Crippen LogP) is 1.58. The highest BCUT2D eigenvalue weighted by Crippen LogP contribution is 2.44. The number of ether oxygens (including phenoxy) is 2. The van der Waals surface area contributed by atoms with E-state index in [-0.39, 0.29) is 6.42 Å². The van der Waals surface area contributed by atoms with Gasteiger partial charge in [0, 0.05) is 0 Å². The molecule has 82 valence electrons. The van der Waals surface area contributed by atoms with E-state index in [0.29, 0.717) is 14.7 Å². The number of rotatable bonds is 1. The Hall–Kier alpha value is -0.330. The summed E-state index contributed by atoms with van der Waals surface area (Å²) in [7, 11) is 1.51. The molecule has 1 saturated heterocycles. The molecule has 0 aromatic heterocycles. The molecule has 0 spiro atoms. The predicted molar refractivity (Wildman–Crippen MR) is 59.4 cm³/mol. The number of carbonyl (C=O) groups is 1. The van der Waals surface area contributed by atoms with Crippen LogP contribution in [0.3, 0.4) is 0 Å². The van der Waals surface area contributed by atoms with E-state index in [0.717, 1.165) is 0 Å². The fourth-order valence-electron chi connectivity index (χ4n) is 1.71. The van der Waals surface area contributed by atoms with Crippen molar-refractivity contribution in [1.82, 2.24) is 0 Å². The second-order valence-electron chi connectivity index (χ2n) is 3.41. The Morgan fingerprint density at radius 2 is 2.33 bits per heavy atom. The van der Waals surface area contributed by atoms with Gasteiger partial charge in [-0.15, -0.1) is 0 Å². The first kappa shape index (κ1) is 11.2. The molecule has 0 aromatic carbocycles. The Bertz CT molecular complexity index is 388. The van der Waals surface area contributed by atoms with Crippen LogP contribution in [0.15, 0.2) is 20.8 Å². The summed E-state index contributed by atoms with van der Waals surface area (Å²) in [6, 6.07) is 0. The zero-order chi connectivity index (χ0) is 11.2. The second kappa shape index (κ2) is 3.61. The number of halogens is 2. The molecule has 0 radical (unpaired) electrons. The maximum atomic E-state index is 11.2. The summed E-state index contributed by atoms with van der Waals surface area (Å²) < 4.78 is 11.3. The third-order valence-corrected chi connectivity index (χ3v) is 3.74. The first-order valence-electron chi connectivity index (χ1n) is 4.22. The number of hydrogen-bond acceptors (Lipinski definition) is 4. The average Bonchev–Trinajstić information content (AvgIpc) is 2.41. The normalized spacial score (nSPS) is 34.8. The molecule has 0 saturated carbocycles. The van der Waals surface area contributed by atoms with E-state index in [2.05, 4.69) is 31.9 Å². The number of aliphatic hydroxyl groups is 1. The number of allylic oxidation sites excluding steroid dienone is 1. The zero-order valence-corrected chi connectivity index (χ0v) is 11.0. The second-order valence-corrected chi connectivity index (χ2v) is 5.12. The molecular formula is C9H8Br2O4. The molecule has 6 heteroatoms. The lowest BCUT2D eigenvalue weighted by atomic mass is 9.91. The zero-order valence-electron chi connectivity index (χ0n) is 7.79. The van der Waals surface area contributed by atoms with Crippen LogP contribution in [0.4, 0.5) is 0 Å². The number of fused-ring (bicyclic) bond motifs is 1. The maximum Gasteiger partial charge on any atom is 0.309 e. The van der Waals surface area contributed by atoms with Crippen molar-refractivity contribution in [2.45, 2.75) is 18.1 Å². The minimum atomic E-state index is -1.28. The molecule has 1 aliphatic carbocycles. The maximum absolute atomic E-state index is 11.2. The van der Waals surface area contributed by atoms with Gasteiger partial charge in [0.1, 0.15) is 11.4 Å². The Kier molecular flexibility index (Phi) is 2.68. The van der Waals surface area contributed by atoms with Crippen molar-refractivity contribution < 1.29 is 19.4 Å². The van der Waals surface area contributed by atoms with Crippen molar-refractivity contribution in [1.29, 1.82) is 0 Å². The number of carbonyl (C=O) groups excluding carboxylic acids is 1. The van der Waals surface area contributed by atoms with Gasteiger partial charge >= 0.3 is 5.97 Å². The van der Waals surface area contributed by atoms with Gasteiger partial charge in [0.05, 0.1) is 22.5 Å². The van der Waals surface area contributed by atoms with Crippen LogP contribution in [0.1, 0.15) is 6.42 Å². The topological polar surface area (TPSA) is 55.8 Å². The van der Waals surface area contributed by atoms with Crippen LogP contribution in [0.25, 0.3) is 0 Å². The van der Waals surface area contributed by atoms with E-state index >= 15 is 0 Å². The summed E-state index contributed by atoms with van der Waals surface area (Å²) in [5, 5.41) is 10.2. The molecule has 2 atom stereocenters. The Balaban J connectivity index is 2.48. The summed E-state index contributed by atoms with van der Waals surface area (Å²) in [6.07, 6.45) is 0.784. The fraction of sp³-hybridized carbons (Fsp3) is 0.444. The Morgan fingerprint density at radius 1 is 1.67 bits per heavy atom. The first-order chi connectivity index (χ1) is 6.98. The van der Waals surface area contributed by atoms with Gasteiger partial charge in [-0.3, -0.25) is 4.79 Å². The number of hydrogen-bond donors (Lipinski definition) is 1. The molecule has 1 unspecified atom stereocenters. The molecule has 0 aromatic rings. The lowest BCUT2D eigenvalue weighted by molar-refractivity contribution is -0.140. The third-order valence-electron chi connectivity index (χ3n) is 2.38. The van der Waals surface area contributed by atoms with E-state index in [4.69, 9.17) is 9.47 Å². The van der Waals surface area contributed by atoms with Crippen LogP contribution in [-0.2, 0) is 14.3 Å². The summed E-state index contributed by atoms with van der Waals surface area (Å²) in [5.74, 6) is 0.104. The van der Waals surface area contributed by atoms with Gasteiger partial charge < -0.3 is 14.6 Å². The lowest BCUT2D eigenvalue weighted by Gasteiger charge is -2.29. The van der Waals surface area contributed by atoms with Crippen molar-refractivity contribution in [3.63, 3.8) is 0 Å². The van der Waals surface area contributed by atoms with Crippen LogP contribution < -0.4 is 0 Å². The Labute approximate surface area is 103 Å². The fourth-order valence-corrected chi connectivity index (χ4v) is 3.61.